The SMILES string of the molecule is COc1cccc(N2CC(C)NCC(C(=O)O)C2)c1. The van der Waals surface area contributed by atoms with E-state index in [2.05, 4.69) is 17.1 Å². The van der Waals surface area contributed by atoms with Crippen molar-refractivity contribution >= 4 is 11.7 Å². The Morgan fingerprint density at radius 2 is 2.26 bits per heavy atom. The Hall–Kier alpha value is -1.75. The third kappa shape index (κ3) is 3.38. The third-order valence-electron chi connectivity index (χ3n) is 3.42. The molecule has 1 aliphatic heterocycles. The maximum atomic E-state index is 11.2. The van der Waals surface area contributed by atoms with E-state index < -0.39 is 11.9 Å². The van der Waals surface area contributed by atoms with Gasteiger partial charge in [-0.05, 0) is 19.1 Å². The molecule has 2 atom stereocenters. The summed E-state index contributed by atoms with van der Waals surface area (Å²) in [5.41, 5.74) is 1.00. The van der Waals surface area contributed by atoms with E-state index >= 15 is 0 Å². The van der Waals surface area contributed by atoms with Gasteiger partial charge in [0.05, 0.1) is 13.0 Å². The number of nitrogens with one attached hydrogen (secondary N) is 1. The van der Waals surface area contributed by atoms with Crippen molar-refractivity contribution < 1.29 is 14.6 Å². The van der Waals surface area contributed by atoms with Gasteiger partial charge in [0.2, 0.25) is 0 Å². The first-order valence-electron chi connectivity index (χ1n) is 6.45. The minimum Gasteiger partial charge on any atom is -0.497 e. The number of hydrogen-bond acceptors (Lipinski definition) is 4. The normalized spacial score (nSPS) is 23.8. The molecule has 1 aliphatic rings. The molecule has 0 amide bonds. The highest BCUT2D eigenvalue weighted by atomic mass is 16.5. The van der Waals surface area contributed by atoms with Gasteiger partial charge < -0.3 is 20.1 Å². The number of aliphatic carboxylic acids is 1. The summed E-state index contributed by atoms with van der Waals surface area (Å²) in [6.45, 7) is 3.88. The predicted octanol–water partition coefficient (Wildman–Crippen LogP) is 1.19. The molecular weight excluding hydrogens is 244 g/mol. The summed E-state index contributed by atoms with van der Waals surface area (Å²) < 4.78 is 5.22. The van der Waals surface area contributed by atoms with E-state index in [-0.39, 0.29) is 6.04 Å². The highest BCUT2D eigenvalue weighted by Gasteiger charge is 2.26. The second kappa shape index (κ2) is 5.93. The number of carboxylic acids is 1. The molecule has 2 unspecified atom stereocenters. The first kappa shape index (κ1) is 13.7. The number of carbonyl (C=O) groups is 1. The molecule has 1 saturated heterocycles. The van der Waals surface area contributed by atoms with Gasteiger partial charge in [-0.3, -0.25) is 4.79 Å². The lowest BCUT2D eigenvalue weighted by atomic mass is 10.1. The van der Waals surface area contributed by atoms with E-state index in [1.54, 1.807) is 7.11 Å². The van der Waals surface area contributed by atoms with Crippen LogP contribution in [-0.4, -0.2) is 43.9 Å². The monoisotopic (exact) mass is 264 g/mol. The van der Waals surface area contributed by atoms with Crippen LogP contribution in [0.15, 0.2) is 24.3 Å². The minimum atomic E-state index is -0.755. The maximum absolute atomic E-state index is 11.2. The number of carboxylic acid groups (broad SMARTS) is 1. The van der Waals surface area contributed by atoms with Crippen molar-refractivity contribution in [1.82, 2.24) is 5.32 Å². The van der Waals surface area contributed by atoms with Gasteiger partial charge >= 0.3 is 5.97 Å². The first-order valence-corrected chi connectivity index (χ1v) is 6.45. The van der Waals surface area contributed by atoms with Crippen molar-refractivity contribution in [2.24, 2.45) is 5.92 Å². The molecular formula is C14H20N2O3. The summed E-state index contributed by atoms with van der Waals surface area (Å²) in [5.74, 6) is -0.361. The number of anilines is 1. The van der Waals surface area contributed by atoms with Gasteiger partial charge in [0.1, 0.15) is 5.75 Å². The fraction of sp³-hybridized carbons (Fsp3) is 0.500. The standard InChI is InChI=1S/C14H20N2O3/c1-10-8-16(9-11(7-15-10)14(17)18)12-4-3-5-13(6-12)19-2/h3-6,10-11,15H,7-9H2,1-2H3,(H,17,18). The van der Waals surface area contributed by atoms with Crippen molar-refractivity contribution in [3.63, 3.8) is 0 Å². The van der Waals surface area contributed by atoms with E-state index in [1.807, 2.05) is 24.3 Å². The molecule has 1 fully saturated rings. The third-order valence-corrected chi connectivity index (χ3v) is 3.42. The zero-order chi connectivity index (χ0) is 13.8. The Morgan fingerprint density at radius 3 is 2.95 bits per heavy atom. The molecule has 104 valence electrons. The van der Waals surface area contributed by atoms with Crippen molar-refractivity contribution in [1.29, 1.82) is 0 Å². The van der Waals surface area contributed by atoms with Gasteiger partial charge in [0.15, 0.2) is 0 Å². The smallest absolute Gasteiger partial charge is 0.309 e. The second-order valence-corrected chi connectivity index (χ2v) is 4.95. The Morgan fingerprint density at radius 1 is 1.47 bits per heavy atom. The summed E-state index contributed by atoms with van der Waals surface area (Å²) in [5, 5.41) is 12.5. The van der Waals surface area contributed by atoms with Gasteiger partial charge in [0.25, 0.3) is 0 Å². The van der Waals surface area contributed by atoms with Gasteiger partial charge in [0, 0.05) is 37.4 Å². The second-order valence-electron chi connectivity index (χ2n) is 4.95. The van der Waals surface area contributed by atoms with Gasteiger partial charge in [-0.2, -0.15) is 0 Å². The van der Waals surface area contributed by atoms with Crippen LogP contribution in [0.4, 0.5) is 5.69 Å². The van der Waals surface area contributed by atoms with Gasteiger partial charge in [-0.1, -0.05) is 6.07 Å². The molecule has 2 rings (SSSR count). The molecule has 19 heavy (non-hydrogen) atoms. The summed E-state index contributed by atoms with van der Waals surface area (Å²) in [4.78, 5) is 13.3. The van der Waals surface area contributed by atoms with Gasteiger partial charge in [-0.25, -0.2) is 0 Å². The largest absolute Gasteiger partial charge is 0.497 e. The van der Waals surface area contributed by atoms with Crippen LogP contribution in [-0.2, 0) is 4.79 Å². The molecule has 0 aliphatic carbocycles. The molecule has 5 nitrogen and oxygen atoms in total. The average molecular weight is 264 g/mol. The van der Waals surface area contributed by atoms with Crippen LogP contribution in [0.1, 0.15) is 6.92 Å². The van der Waals surface area contributed by atoms with Crippen LogP contribution in [0.3, 0.4) is 0 Å². The van der Waals surface area contributed by atoms with Crippen molar-refractivity contribution in [2.75, 3.05) is 31.6 Å². The van der Waals surface area contributed by atoms with E-state index in [4.69, 9.17) is 4.74 Å². The molecule has 2 N–H and O–H groups in total. The van der Waals surface area contributed by atoms with Gasteiger partial charge in [-0.15, -0.1) is 0 Å². The van der Waals surface area contributed by atoms with Crippen molar-refractivity contribution in [2.45, 2.75) is 13.0 Å². The summed E-state index contributed by atoms with van der Waals surface area (Å²) in [6.07, 6.45) is 0. The number of rotatable bonds is 3. The lowest BCUT2D eigenvalue weighted by molar-refractivity contribution is -0.141. The molecule has 0 bridgehead atoms. The Kier molecular flexibility index (Phi) is 4.27. The van der Waals surface area contributed by atoms with Crippen molar-refractivity contribution in [3.05, 3.63) is 24.3 Å². The Labute approximate surface area is 113 Å². The number of nitrogens with zero attached hydrogens (tertiary/aromatic N) is 1. The van der Waals surface area contributed by atoms with Crippen LogP contribution in [0.5, 0.6) is 5.75 Å². The number of hydrogen-bond donors (Lipinski definition) is 2. The van der Waals surface area contributed by atoms with E-state index in [0.29, 0.717) is 13.1 Å². The molecule has 0 saturated carbocycles. The van der Waals surface area contributed by atoms with Crippen LogP contribution in [0.25, 0.3) is 0 Å². The lowest BCUT2D eigenvalue weighted by Gasteiger charge is -2.26. The summed E-state index contributed by atoms with van der Waals surface area (Å²) >= 11 is 0. The van der Waals surface area contributed by atoms with Crippen molar-refractivity contribution in [3.8, 4) is 5.75 Å². The van der Waals surface area contributed by atoms with Crippen LogP contribution < -0.4 is 15.0 Å². The predicted molar refractivity (Wildman–Crippen MR) is 73.8 cm³/mol. The summed E-state index contributed by atoms with van der Waals surface area (Å²) in [7, 11) is 1.63. The molecule has 0 spiro atoms. The fourth-order valence-electron chi connectivity index (χ4n) is 2.33. The Balaban J connectivity index is 2.21. The number of benzene rings is 1. The first-order chi connectivity index (χ1) is 9.10. The molecule has 1 heterocycles. The van der Waals surface area contributed by atoms with E-state index in [1.165, 1.54) is 0 Å². The van der Waals surface area contributed by atoms with Crippen LogP contribution >= 0.6 is 0 Å². The number of ether oxygens (including phenoxy) is 1. The number of methoxy groups -OCH3 is 1. The molecule has 1 aromatic carbocycles. The topological polar surface area (TPSA) is 61.8 Å². The van der Waals surface area contributed by atoms with E-state index in [0.717, 1.165) is 18.0 Å². The van der Waals surface area contributed by atoms with E-state index in [9.17, 15) is 9.90 Å². The molecule has 0 radical (unpaired) electrons. The van der Waals surface area contributed by atoms with Crippen LogP contribution in [0, 0.1) is 5.92 Å². The highest BCUT2D eigenvalue weighted by Crippen LogP contribution is 2.23. The fourth-order valence-corrected chi connectivity index (χ4v) is 2.33. The summed E-state index contributed by atoms with van der Waals surface area (Å²) in [6, 6.07) is 8.00. The molecule has 1 aromatic rings. The zero-order valence-electron chi connectivity index (χ0n) is 11.3. The van der Waals surface area contributed by atoms with Crippen LogP contribution in [0.2, 0.25) is 0 Å². The average Bonchev–Trinajstić information content (AvgIpc) is 2.61. The quantitative estimate of drug-likeness (QED) is 0.859. The molecule has 5 heteroatoms. The minimum absolute atomic E-state index is 0.260. The molecule has 0 aromatic heterocycles. The zero-order valence-corrected chi connectivity index (χ0v) is 11.3. The highest BCUT2D eigenvalue weighted by molar-refractivity contribution is 5.71. The maximum Gasteiger partial charge on any atom is 0.309 e. The Bertz CT molecular complexity index is 450. The lowest BCUT2D eigenvalue weighted by Crippen LogP contribution is -2.35.